The molecule has 0 aliphatic heterocycles. The monoisotopic (exact) mass is 323 g/mol. The van der Waals surface area contributed by atoms with Crippen molar-refractivity contribution in [1.29, 1.82) is 0 Å². The van der Waals surface area contributed by atoms with Crippen molar-refractivity contribution in [3.05, 3.63) is 33.6 Å². The lowest BCUT2D eigenvalue weighted by Crippen LogP contribution is -1.99. The van der Waals surface area contributed by atoms with E-state index in [9.17, 15) is 0 Å². The molecule has 1 aromatic carbocycles. The Morgan fingerprint density at radius 2 is 1.89 bits per heavy atom. The predicted octanol–water partition coefficient (Wildman–Crippen LogP) is 3.40. The zero-order chi connectivity index (χ0) is 13.8. The molecule has 0 amide bonds. The molecule has 1 heterocycles. The van der Waals surface area contributed by atoms with Gasteiger partial charge in [0.1, 0.15) is 0 Å². The molecule has 0 aliphatic carbocycles. The summed E-state index contributed by atoms with van der Waals surface area (Å²) < 4.78 is 6.39. The second kappa shape index (κ2) is 6.30. The van der Waals surface area contributed by atoms with Gasteiger partial charge >= 0.3 is 0 Å². The number of halogens is 1. The van der Waals surface area contributed by atoms with Crippen molar-refractivity contribution in [2.45, 2.75) is 33.1 Å². The van der Waals surface area contributed by atoms with Gasteiger partial charge in [0.05, 0.1) is 0 Å². The van der Waals surface area contributed by atoms with Gasteiger partial charge in [-0.1, -0.05) is 21.1 Å². The number of hydrogen-bond acceptors (Lipinski definition) is 4. The van der Waals surface area contributed by atoms with Crippen LogP contribution in [0.5, 0.6) is 0 Å². The van der Waals surface area contributed by atoms with Crippen LogP contribution < -0.4 is 5.73 Å². The number of aromatic nitrogens is 2. The largest absolute Gasteiger partial charge is 0.339 e. The second-order valence-corrected chi connectivity index (χ2v) is 5.47. The molecule has 0 spiro atoms. The van der Waals surface area contributed by atoms with E-state index in [0.717, 1.165) is 29.3 Å². The lowest BCUT2D eigenvalue weighted by atomic mass is 10.1. The molecule has 2 N–H and O–H groups in total. The molecule has 0 aliphatic rings. The Hall–Kier alpha value is -1.20. The van der Waals surface area contributed by atoms with Crippen LogP contribution in [0, 0.1) is 13.8 Å². The molecule has 5 heteroatoms. The van der Waals surface area contributed by atoms with Crippen molar-refractivity contribution in [2.24, 2.45) is 5.73 Å². The summed E-state index contributed by atoms with van der Waals surface area (Å²) in [7, 11) is 0. The number of nitrogens with zero attached hydrogens (tertiary/aromatic N) is 2. The van der Waals surface area contributed by atoms with E-state index >= 15 is 0 Å². The van der Waals surface area contributed by atoms with E-state index in [2.05, 4.69) is 52.1 Å². The van der Waals surface area contributed by atoms with E-state index in [1.54, 1.807) is 0 Å². The molecule has 0 saturated carbocycles. The Bertz CT molecular complexity index is 543. The molecular weight excluding hydrogens is 306 g/mol. The maximum absolute atomic E-state index is 5.47. The average molecular weight is 324 g/mol. The molecule has 4 nitrogen and oxygen atoms in total. The van der Waals surface area contributed by atoms with Crippen molar-refractivity contribution in [2.75, 3.05) is 6.54 Å². The summed E-state index contributed by atoms with van der Waals surface area (Å²) in [5.74, 6) is 1.34. The van der Waals surface area contributed by atoms with E-state index < -0.39 is 0 Å². The Balaban J connectivity index is 2.18. The fraction of sp³-hybridized carbons (Fsp3) is 0.429. The number of rotatable bonds is 5. The summed E-state index contributed by atoms with van der Waals surface area (Å²) in [5.41, 5.74) is 8.80. The van der Waals surface area contributed by atoms with Crippen LogP contribution in [-0.2, 0) is 6.42 Å². The molecule has 0 atom stereocenters. The van der Waals surface area contributed by atoms with Crippen LogP contribution in [0.15, 0.2) is 21.1 Å². The predicted molar refractivity (Wildman–Crippen MR) is 78.9 cm³/mol. The van der Waals surface area contributed by atoms with Crippen molar-refractivity contribution >= 4 is 15.9 Å². The summed E-state index contributed by atoms with van der Waals surface area (Å²) >= 11 is 3.56. The van der Waals surface area contributed by atoms with E-state index in [-0.39, 0.29) is 0 Å². The highest BCUT2D eigenvalue weighted by Crippen LogP contribution is 2.27. The van der Waals surface area contributed by atoms with Crippen LogP contribution in [0.2, 0.25) is 0 Å². The summed E-state index contributed by atoms with van der Waals surface area (Å²) in [4.78, 5) is 4.43. The zero-order valence-electron chi connectivity index (χ0n) is 11.2. The third-order valence-electron chi connectivity index (χ3n) is 3.01. The van der Waals surface area contributed by atoms with Gasteiger partial charge in [-0.3, -0.25) is 0 Å². The number of benzene rings is 1. The van der Waals surface area contributed by atoms with Crippen LogP contribution in [-0.4, -0.2) is 16.7 Å². The Morgan fingerprint density at radius 3 is 2.53 bits per heavy atom. The highest BCUT2D eigenvalue weighted by Gasteiger charge is 2.11. The maximum atomic E-state index is 5.47. The molecule has 0 unspecified atom stereocenters. The van der Waals surface area contributed by atoms with E-state index in [0.29, 0.717) is 18.3 Å². The third kappa shape index (κ3) is 3.42. The SMILES string of the molecule is Cc1cc(-c2noc(CCCCN)n2)cc(C)c1Br. The van der Waals surface area contributed by atoms with E-state index in [4.69, 9.17) is 10.3 Å². The molecule has 0 bridgehead atoms. The Labute approximate surface area is 121 Å². The van der Waals surface area contributed by atoms with Crippen LogP contribution in [0.1, 0.15) is 29.9 Å². The maximum Gasteiger partial charge on any atom is 0.226 e. The van der Waals surface area contributed by atoms with Gasteiger partial charge in [-0.25, -0.2) is 0 Å². The summed E-state index contributed by atoms with van der Waals surface area (Å²) in [5, 5.41) is 4.04. The highest BCUT2D eigenvalue weighted by atomic mass is 79.9. The number of unbranched alkanes of at least 4 members (excludes halogenated alkanes) is 1. The Morgan fingerprint density at radius 1 is 1.21 bits per heavy atom. The Kier molecular flexibility index (Phi) is 4.71. The molecule has 1 aromatic heterocycles. The first-order valence-corrected chi connectivity index (χ1v) is 7.21. The normalized spacial score (nSPS) is 10.9. The average Bonchev–Trinajstić information content (AvgIpc) is 2.84. The molecule has 2 rings (SSSR count). The quantitative estimate of drug-likeness (QED) is 0.856. The standard InChI is InChI=1S/C14H18BrN3O/c1-9-7-11(8-10(2)13(9)15)14-17-12(19-18-14)5-3-4-6-16/h7-8H,3-6,16H2,1-2H3. The molecular formula is C14H18BrN3O. The summed E-state index contributed by atoms with van der Waals surface area (Å²) in [6, 6.07) is 4.12. The van der Waals surface area contributed by atoms with Crippen LogP contribution >= 0.6 is 15.9 Å². The van der Waals surface area contributed by atoms with Gasteiger partial charge in [0.25, 0.3) is 0 Å². The minimum absolute atomic E-state index is 0.654. The highest BCUT2D eigenvalue weighted by molar-refractivity contribution is 9.10. The number of hydrogen-bond donors (Lipinski definition) is 1. The van der Waals surface area contributed by atoms with Crippen molar-refractivity contribution in [1.82, 2.24) is 10.1 Å². The second-order valence-electron chi connectivity index (χ2n) is 4.68. The van der Waals surface area contributed by atoms with Gasteiger partial charge in [0.2, 0.25) is 11.7 Å². The van der Waals surface area contributed by atoms with E-state index in [1.807, 2.05) is 0 Å². The molecule has 0 radical (unpaired) electrons. The number of aryl methyl sites for hydroxylation is 3. The third-order valence-corrected chi connectivity index (χ3v) is 4.26. The minimum Gasteiger partial charge on any atom is -0.339 e. The molecule has 102 valence electrons. The smallest absolute Gasteiger partial charge is 0.226 e. The van der Waals surface area contributed by atoms with Crippen LogP contribution in [0.4, 0.5) is 0 Å². The van der Waals surface area contributed by atoms with Crippen LogP contribution in [0.25, 0.3) is 11.4 Å². The molecule has 0 saturated heterocycles. The van der Waals surface area contributed by atoms with Crippen molar-refractivity contribution in [3.8, 4) is 11.4 Å². The minimum atomic E-state index is 0.654. The van der Waals surface area contributed by atoms with Gasteiger partial charge in [-0.15, -0.1) is 0 Å². The van der Waals surface area contributed by atoms with Gasteiger partial charge in [0, 0.05) is 16.5 Å². The van der Waals surface area contributed by atoms with Crippen molar-refractivity contribution < 1.29 is 4.52 Å². The lowest BCUT2D eigenvalue weighted by Gasteiger charge is -2.04. The fourth-order valence-electron chi connectivity index (χ4n) is 1.97. The van der Waals surface area contributed by atoms with Crippen molar-refractivity contribution in [3.63, 3.8) is 0 Å². The molecule has 2 aromatic rings. The lowest BCUT2D eigenvalue weighted by molar-refractivity contribution is 0.375. The summed E-state index contributed by atoms with van der Waals surface area (Å²) in [6.07, 6.45) is 2.75. The van der Waals surface area contributed by atoms with Gasteiger partial charge in [-0.2, -0.15) is 4.98 Å². The topological polar surface area (TPSA) is 64.9 Å². The van der Waals surface area contributed by atoms with Gasteiger partial charge in [0.15, 0.2) is 0 Å². The van der Waals surface area contributed by atoms with Gasteiger partial charge < -0.3 is 10.3 Å². The number of nitrogens with two attached hydrogens (primary N) is 1. The van der Waals surface area contributed by atoms with Gasteiger partial charge in [-0.05, 0) is 56.5 Å². The molecule has 0 fully saturated rings. The molecule has 19 heavy (non-hydrogen) atoms. The first kappa shape index (κ1) is 14.2. The zero-order valence-corrected chi connectivity index (χ0v) is 12.8. The first-order chi connectivity index (χ1) is 9.11. The first-order valence-electron chi connectivity index (χ1n) is 6.41. The fourth-order valence-corrected chi connectivity index (χ4v) is 2.20. The summed E-state index contributed by atoms with van der Waals surface area (Å²) in [6.45, 7) is 4.82. The van der Waals surface area contributed by atoms with E-state index in [1.165, 1.54) is 11.1 Å². The van der Waals surface area contributed by atoms with Crippen LogP contribution in [0.3, 0.4) is 0 Å².